The van der Waals surface area contributed by atoms with Crippen molar-refractivity contribution in [3.63, 3.8) is 0 Å². The van der Waals surface area contributed by atoms with E-state index in [0.29, 0.717) is 16.9 Å². The number of hydrogen-bond donors (Lipinski definition) is 0. The average Bonchev–Trinajstić information content (AvgIpc) is 2.36. The first-order valence-corrected chi connectivity index (χ1v) is 6.32. The van der Waals surface area contributed by atoms with Gasteiger partial charge in [-0.15, -0.1) is 0 Å². The van der Waals surface area contributed by atoms with E-state index in [1.807, 2.05) is 18.2 Å². The number of carbonyl (C=O) groups is 2. The van der Waals surface area contributed by atoms with Gasteiger partial charge < -0.3 is 4.74 Å². The standard InChI is InChI=1S/C14H14O3S/c1-11(8-9-17-12(2)15)10-18-14(16)13-6-4-3-5-7-13/h3-9H,1,10H2,2H3/b9-8+. The SMILES string of the molecule is C=C(/C=C/OC(C)=O)CSC(=O)c1ccccc1. The second-order valence-electron chi connectivity index (χ2n) is 3.51. The zero-order chi connectivity index (χ0) is 13.4. The van der Waals surface area contributed by atoms with Gasteiger partial charge in [0.2, 0.25) is 5.12 Å². The average molecular weight is 262 g/mol. The predicted molar refractivity (Wildman–Crippen MR) is 73.3 cm³/mol. The van der Waals surface area contributed by atoms with E-state index in [1.54, 1.807) is 18.2 Å². The summed E-state index contributed by atoms with van der Waals surface area (Å²) in [6.45, 7) is 5.09. The molecule has 0 aliphatic heterocycles. The molecule has 0 aromatic heterocycles. The van der Waals surface area contributed by atoms with Gasteiger partial charge in [0, 0.05) is 18.2 Å². The molecule has 0 aliphatic rings. The normalized spacial score (nSPS) is 10.3. The summed E-state index contributed by atoms with van der Waals surface area (Å²) in [5.41, 5.74) is 1.38. The Kier molecular flexibility index (Phi) is 5.94. The zero-order valence-electron chi connectivity index (χ0n) is 10.1. The molecule has 94 valence electrons. The summed E-state index contributed by atoms with van der Waals surface area (Å²) in [4.78, 5) is 22.3. The van der Waals surface area contributed by atoms with Gasteiger partial charge in [-0.3, -0.25) is 9.59 Å². The highest BCUT2D eigenvalue weighted by Gasteiger charge is 2.05. The molecule has 0 radical (unpaired) electrons. The lowest BCUT2D eigenvalue weighted by Gasteiger charge is -2.00. The minimum absolute atomic E-state index is 0.00219. The van der Waals surface area contributed by atoms with E-state index in [1.165, 1.54) is 24.9 Å². The summed E-state index contributed by atoms with van der Waals surface area (Å²) in [5.74, 6) is 0.0814. The van der Waals surface area contributed by atoms with Crippen LogP contribution in [0.2, 0.25) is 0 Å². The third kappa shape index (κ3) is 5.50. The number of benzene rings is 1. The number of thioether (sulfide) groups is 1. The summed E-state index contributed by atoms with van der Waals surface area (Å²) < 4.78 is 4.63. The largest absolute Gasteiger partial charge is 0.435 e. The minimum Gasteiger partial charge on any atom is -0.435 e. The Morgan fingerprint density at radius 2 is 2.00 bits per heavy atom. The van der Waals surface area contributed by atoms with Crippen LogP contribution in [0.1, 0.15) is 17.3 Å². The highest BCUT2D eigenvalue weighted by Crippen LogP contribution is 2.15. The van der Waals surface area contributed by atoms with Gasteiger partial charge in [-0.2, -0.15) is 0 Å². The van der Waals surface area contributed by atoms with Gasteiger partial charge in [-0.05, 0) is 11.6 Å². The number of carbonyl (C=O) groups excluding carboxylic acids is 2. The number of hydrogen-bond acceptors (Lipinski definition) is 4. The maximum Gasteiger partial charge on any atom is 0.307 e. The number of esters is 1. The van der Waals surface area contributed by atoms with Crippen LogP contribution in [0.25, 0.3) is 0 Å². The predicted octanol–water partition coefficient (Wildman–Crippen LogP) is 3.19. The van der Waals surface area contributed by atoms with Crippen LogP contribution in [0.15, 0.2) is 54.8 Å². The smallest absolute Gasteiger partial charge is 0.307 e. The lowest BCUT2D eigenvalue weighted by molar-refractivity contribution is -0.135. The Hall–Kier alpha value is -1.81. The number of ether oxygens (including phenoxy) is 1. The maximum atomic E-state index is 11.7. The summed E-state index contributed by atoms with van der Waals surface area (Å²) in [5, 5.41) is -0.00219. The van der Waals surface area contributed by atoms with Crippen molar-refractivity contribution in [3.8, 4) is 0 Å². The number of rotatable bonds is 5. The van der Waals surface area contributed by atoms with E-state index in [-0.39, 0.29) is 11.1 Å². The first-order valence-electron chi connectivity index (χ1n) is 5.33. The summed E-state index contributed by atoms with van der Waals surface area (Å²) in [7, 11) is 0. The first kappa shape index (κ1) is 14.3. The molecule has 0 unspecified atom stereocenters. The van der Waals surface area contributed by atoms with E-state index >= 15 is 0 Å². The van der Waals surface area contributed by atoms with Crippen molar-refractivity contribution in [1.29, 1.82) is 0 Å². The zero-order valence-corrected chi connectivity index (χ0v) is 10.9. The Labute approximate surface area is 111 Å². The van der Waals surface area contributed by atoms with Gasteiger partial charge in [0.05, 0.1) is 6.26 Å². The molecule has 0 N–H and O–H groups in total. The first-order chi connectivity index (χ1) is 8.59. The van der Waals surface area contributed by atoms with Gasteiger partial charge in [0.15, 0.2) is 0 Å². The highest BCUT2D eigenvalue weighted by molar-refractivity contribution is 8.14. The molecule has 1 rings (SSSR count). The molecule has 1 aromatic carbocycles. The highest BCUT2D eigenvalue weighted by atomic mass is 32.2. The monoisotopic (exact) mass is 262 g/mol. The van der Waals surface area contributed by atoms with Crippen molar-refractivity contribution < 1.29 is 14.3 Å². The van der Waals surface area contributed by atoms with Crippen LogP contribution >= 0.6 is 11.8 Å². The van der Waals surface area contributed by atoms with Gasteiger partial charge in [0.25, 0.3) is 0 Å². The van der Waals surface area contributed by atoms with Crippen LogP contribution in [0.3, 0.4) is 0 Å². The third-order valence-corrected chi connectivity index (χ3v) is 2.95. The Bertz CT molecular complexity index is 463. The van der Waals surface area contributed by atoms with Crippen molar-refractivity contribution in [2.75, 3.05) is 5.75 Å². The van der Waals surface area contributed by atoms with E-state index in [4.69, 9.17) is 0 Å². The van der Waals surface area contributed by atoms with E-state index < -0.39 is 0 Å². The topological polar surface area (TPSA) is 43.4 Å². The van der Waals surface area contributed by atoms with Crippen molar-refractivity contribution in [2.45, 2.75) is 6.92 Å². The molecule has 0 saturated carbocycles. The second-order valence-corrected chi connectivity index (χ2v) is 4.46. The molecule has 0 spiro atoms. The lowest BCUT2D eigenvalue weighted by atomic mass is 10.2. The fourth-order valence-electron chi connectivity index (χ4n) is 1.09. The second kappa shape index (κ2) is 7.50. The van der Waals surface area contributed by atoms with Gasteiger partial charge >= 0.3 is 5.97 Å². The fraction of sp³-hybridized carbons (Fsp3) is 0.143. The van der Waals surface area contributed by atoms with Crippen LogP contribution in [-0.4, -0.2) is 16.8 Å². The minimum atomic E-state index is -0.382. The lowest BCUT2D eigenvalue weighted by Crippen LogP contribution is -1.95. The number of allylic oxidation sites excluding steroid dienone is 1. The van der Waals surface area contributed by atoms with Crippen LogP contribution in [0.5, 0.6) is 0 Å². The molecule has 4 heteroatoms. The van der Waals surface area contributed by atoms with E-state index in [2.05, 4.69) is 11.3 Å². The molecule has 18 heavy (non-hydrogen) atoms. The molecule has 0 heterocycles. The van der Waals surface area contributed by atoms with Crippen molar-refractivity contribution in [2.24, 2.45) is 0 Å². The van der Waals surface area contributed by atoms with Crippen LogP contribution in [0, 0.1) is 0 Å². The van der Waals surface area contributed by atoms with E-state index in [9.17, 15) is 9.59 Å². The summed E-state index contributed by atoms with van der Waals surface area (Å²) in [6, 6.07) is 9.05. The Morgan fingerprint density at radius 1 is 1.33 bits per heavy atom. The van der Waals surface area contributed by atoms with Gasteiger partial charge in [0.1, 0.15) is 0 Å². The Balaban J connectivity index is 2.37. The van der Waals surface area contributed by atoms with E-state index in [0.717, 1.165) is 0 Å². The molecule has 0 bridgehead atoms. The van der Waals surface area contributed by atoms with Crippen LogP contribution in [0.4, 0.5) is 0 Å². The Morgan fingerprint density at radius 3 is 2.61 bits per heavy atom. The molecule has 0 amide bonds. The van der Waals surface area contributed by atoms with Crippen LogP contribution < -0.4 is 0 Å². The molecule has 0 saturated heterocycles. The van der Waals surface area contributed by atoms with Crippen molar-refractivity contribution in [3.05, 3.63) is 60.4 Å². The molecule has 3 nitrogen and oxygen atoms in total. The maximum absolute atomic E-state index is 11.7. The third-order valence-electron chi connectivity index (χ3n) is 1.94. The van der Waals surface area contributed by atoms with Crippen molar-refractivity contribution >= 4 is 22.8 Å². The van der Waals surface area contributed by atoms with Crippen LogP contribution in [-0.2, 0) is 9.53 Å². The molecule has 0 atom stereocenters. The molecular formula is C14H14O3S. The van der Waals surface area contributed by atoms with Crippen molar-refractivity contribution in [1.82, 2.24) is 0 Å². The fourth-order valence-corrected chi connectivity index (χ4v) is 1.81. The molecule has 0 fully saturated rings. The van der Waals surface area contributed by atoms with Gasteiger partial charge in [-0.1, -0.05) is 48.7 Å². The van der Waals surface area contributed by atoms with Gasteiger partial charge in [-0.25, -0.2) is 0 Å². The summed E-state index contributed by atoms with van der Waals surface area (Å²) in [6.07, 6.45) is 2.85. The molecule has 1 aromatic rings. The molecule has 0 aliphatic carbocycles. The summed E-state index contributed by atoms with van der Waals surface area (Å²) >= 11 is 1.17. The quantitative estimate of drug-likeness (QED) is 0.464. The molecular weight excluding hydrogens is 248 g/mol.